The minimum atomic E-state index is -1.25. The molecule has 2 saturated heterocycles. The van der Waals surface area contributed by atoms with Crippen molar-refractivity contribution in [1.29, 1.82) is 0 Å². The molecule has 2 aliphatic rings. The first kappa shape index (κ1) is 23.0. The number of likely N-dealkylation sites (tertiary alicyclic amines) is 2. The molecule has 7 heteroatoms. The topological polar surface area (TPSA) is 79.7 Å². The molecule has 0 unspecified atom stereocenters. The molecule has 0 N–H and O–H groups in total. The zero-order valence-corrected chi connectivity index (χ0v) is 19.1. The van der Waals surface area contributed by atoms with Crippen LogP contribution in [-0.4, -0.2) is 58.1 Å². The highest BCUT2D eigenvalue weighted by Crippen LogP contribution is 2.26. The summed E-state index contributed by atoms with van der Waals surface area (Å²) in [4.78, 5) is 55.9. The van der Waals surface area contributed by atoms with E-state index in [1.54, 1.807) is 47.4 Å². The molecule has 0 radical (unpaired) electrons. The van der Waals surface area contributed by atoms with Crippen LogP contribution in [0.4, 0.5) is 0 Å². The van der Waals surface area contributed by atoms with Gasteiger partial charge in [0, 0.05) is 49.9 Å². The van der Waals surface area contributed by atoms with Gasteiger partial charge < -0.3 is 9.80 Å². The maximum Gasteiger partial charge on any atom is 0.253 e. The number of Topliss-reactive ketones (excluding diaryl/α,β-unsaturated/α-hetero) is 1. The number of carbonyl (C=O) groups excluding carboxylic acids is 3. The molecular formula is C26H31N3O4. The molecule has 1 aromatic heterocycles. The molecule has 0 aliphatic carbocycles. The fraction of sp³-hybridized carbons (Fsp3) is 0.462. The van der Waals surface area contributed by atoms with Gasteiger partial charge in [-0.2, -0.15) is 0 Å². The van der Waals surface area contributed by atoms with Crippen LogP contribution in [0.3, 0.4) is 0 Å². The van der Waals surface area contributed by atoms with Gasteiger partial charge in [0.2, 0.25) is 5.91 Å². The number of hydrogen-bond acceptors (Lipinski definition) is 4. The molecule has 1 atom stereocenters. The van der Waals surface area contributed by atoms with Crippen LogP contribution in [0.5, 0.6) is 0 Å². The summed E-state index contributed by atoms with van der Waals surface area (Å²) in [5.41, 5.74) is -0.0134. The molecule has 1 aromatic carbocycles. The van der Waals surface area contributed by atoms with Crippen LogP contribution in [0.2, 0.25) is 0 Å². The van der Waals surface area contributed by atoms with Crippen molar-refractivity contribution in [2.24, 2.45) is 11.8 Å². The number of pyridine rings is 1. The number of benzene rings is 1. The second-order valence-electron chi connectivity index (χ2n) is 9.19. The first-order valence-electron chi connectivity index (χ1n) is 11.8. The molecule has 0 spiro atoms. The van der Waals surface area contributed by atoms with Crippen LogP contribution in [0, 0.1) is 11.8 Å². The summed E-state index contributed by atoms with van der Waals surface area (Å²) in [7, 11) is 0. The minimum absolute atomic E-state index is 0.0924. The van der Waals surface area contributed by atoms with Gasteiger partial charge in [0.25, 0.3) is 11.5 Å². The summed E-state index contributed by atoms with van der Waals surface area (Å²) in [6.07, 6.45) is 4.72. The summed E-state index contributed by atoms with van der Waals surface area (Å²) < 4.78 is 1.21. The molecule has 0 saturated carbocycles. The lowest BCUT2D eigenvalue weighted by Crippen LogP contribution is -2.49. The highest BCUT2D eigenvalue weighted by molar-refractivity contribution is 6.11. The van der Waals surface area contributed by atoms with Crippen LogP contribution >= 0.6 is 0 Å². The first-order chi connectivity index (χ1) is 16.0. The molecule has 0 bridgehead atoms. The lowest BCUT2D eigenvalue weighted by atomic mass is 9.92. The Morgan fingerprint density at radius 2 is 1.42 bits per heavy atom. The van der Waals surface area contributed by atoms with E-state index in [4.69, 9.17) is 0 Å². The number of aromatic nitrogens is 1. The zero-order valence-electron chi connectivity index (χ0n) is 19.1. The maximum absolute atomic E-state index is 13.5. The summed E-state index contributed by atoms with van der Waals surface area (Å²) in [5, 5.41) is 0. The van der Waals surface area contributed by atoms with E-state index in [0.717, 1.165) is 25.9 Å². The van der Waals surface area contributed by atoms with E-state index in [-0.39, 0.29) is 11.8 Å². The second kappa shape index (κ2) is 10.1. The van der Waals surface area contributed by atoms with Gasteiger partial charge in [-0.05, 0) is 37.7 Å². The Kier molecular flexibility index (Phi) is 7.06. The van der Waals surface area contributed by atoms with Crippen molar-refractivity contribution < 1.29 is 14.4 Å². The molecule has 7 nitrogen and oxygen atoms in total. The number of ketones is 1. The lowest BCUT2D eigenvalue weighted by Gasteiger charge is -2.37. The standard InChI is InChI=1S/C26H31N3O4/c1-19-10-15-27(16-11-19)25(32)21-12-17-28(18-13-21)26(33)23(29-14-6-5-9-22(29)30)24(31)20-7-3-2-4-8-20/h2-9,14,19,21,23H,10-13,15-18H2,1H3/t23-/m1/s1. The molecule has 2 amide bonds. The van der Waals surface area contributed by atoms with E-state index in [0.29, 0.717) is 37.4 Å². The summed E-state index contributed by atoms with van der Waals surface area (Å²) >= 11 is 0. The third-order valence-corrected chi connectivity index (χ3v) is 6.92. The smallest absolute Gasteiger partial charge is 0.253 e. The Hall–Kier alpha value is -3.22. The Morgan fingerprint density at radius 3 is 2.06 bits per heavy atom. The number of carbonyl (C=O) groups is 3. The van der Waals surface area contributed by atoms with E-state index in [1.807, 2.05) is 4.90 Å². The average molecular weight is 450 g/mol. The molecule has 3 heterocycles. The monoisotopic (exact) mass is 449 g/mol. The highest BCUT2D eigenvalue weighted by Gasteiger charge is 2.37. The number of piperidine rings is 2. The van der Waals surface area contributed by atoms with Gasteiger partial charge in [0.15, 0.2) is 11.8 Å². The Balaban J connectivity index is 1.48. The van der Waals surface area contributed by atoms with Crippen molar-refractivity contribution in [3.63, 3.8) is 0 Å². The van der Waals surface area contributed by atoms with E-state index in [1.165, 1.54) is 16.8 Å². The molecule has 4 rings (SSSR count). The van der Waals surface area contributed by atoms with Crippen molar-refractivity contribution in [2.75, 3.05) is 26.2 Å². The lowest BCUT2D eigenvalue weighted by molar-refractivity contribution is -0.142. The number of nitrogens with zero attached hydrogens (tertiary/aromatic N) is 3. The third kappa shape index (κ3) is 5.07. The van der Waals surface area contributed by atoms with E-state index in [2.05, 4.69) is 6.92 Å². The van der Waals surface area contributed by atoms with E-state index >= 15 is 0 Å². The number of hydrogen-bond donors (Lipinski definition) is 0. The van der Waals surface area contributed by atoms with Crippen molar-refractivity contribution >= 4 is 17.6 Å². The Labute approximate surface area is 194 Å². The fourth-order valence-corrected chi connectivity index (χ4v) is 4.78. The van der Waals surface area contributed by atoms with Crippen LogP contribution < -0.4 is 5.56 Å². The molecule has 174 valence electrons. The fourth-order valence-electron chi connectivity index (χ4n) is 4.78. The second-order valence-corrected chi connectivity index (χ2v) is 9.19. The minimum Gasteiger partial charge on any atom is -0.342 e. The van der Waals surface area contributed by atoms with Gasteiger partial charge in [-0.3, -0.25) is 23.7 Å². The largest absolute Gasteiger partial charge is 0.342 e. The van der Waals surface area contributed by atoms with Crippen molar-refractivity contribution in [3.8, 4) is 0 Å². The maximum atomic E-state index is 13.5. The van der Waals surface area contributed by atoms with Crippen LogP contribution in [-0.2, 0) is 9.59 Å². The Bertz CT molecular complexity index is 1050. The summed E-state index contributed by atoms with van der Waals surface area (Å²) in [6, 6.07) is 11.9. The van der Waals surface area contributed by atoms with Crippen molar-refractivity contribution in [2.45, 2.75) is 38.6 Å². The zero-order chi connectivity index (χ0) is 23.4. The van der Waals surface area contributed by atoms with Gasteiger partial charge >= 0.3 is 0 Å². The summed E-state index contributed by atoms with van der Waals surface area (Å²) in [5.74, 6) is -0.0475. The number of rotatable bonds is 5. The third-order valence-electron chi connectivity index (χ3n) is 6.92. The molecule has 2 fully saturated rings. The SMILES string of the molecule is CC1CCN(C(=O)C2CCN(C(=O)[C@@H](C(=O)c3ccccc3)n3ccccc3=O)CC2)CC1. The van der Waals surface area contributed by atoms with Gasteiger partial charge in [0.05, 0.1) is 0 Å². The molecule has 2 aliphatic heterocycles. The van der Waals surface area contributed by atoms with E-state index < -0.39 is 23.3 Å². The molecular weight excluding hydrogens is 418 g/mol. The van der Waals surface area contributed by atoms with Crippen molar-refractivity contribution in [1.82, 2.24) is 14.4 Å². The summed E-state index contributed by atoms with van der Waals surface area (Å²) in [6.45, 7) is 4.64. The normalized spacial score (nSPS) is 18.7. The Morgan fingerprint density at radius 1 is 0.818 bits per heavy atom. The number of amides is 2. The van der Waals surface area contributed by atoms with Gasteiger partial charge in [-0.25, -0.2) is 0 Å². The molecule has 2 aromatic rings. The predicted molar refractivity (Wildman–Crippen MR) is 125 cm³/mol. The van der Waals surface area contributed by atoms with Crippen LogP contribution in [0.1, 0.15) is 49.0 Å². The van der Waals surface area contributed by atoms with E-state index in [9.17, 15) is 19.2 Å². The quantitative estimate of drug-likeness (QED) is 0.519. The average Bonchev–Trinajstić information content (AvgIpc) is 2.86. The first-order valence-corrected chi connectivity index (χ1v) is 11.8. The van der Waals surface area contributed by atoms with Crippen LogP contribution in [0.15, 0.2) is 59.5 Å². The van der Waals surface area contributed by atoms with Gasteiger partial charge in [-0.15, -0.1) is 0 Å². The highest BCUT2D eigenvalue weighted by atomic mass is 16.2. The van der Waals surface area contributed by atoms with Gasteiger partial charge in [0.1, 0.15) is 0 Å². The van der Waals surface area contributed by atoms with Crippen molar-refractivity contribution in [3.05, 3.63) is 70.6 Å². The van der Waals surface area contributed by atoms with Crippen LogP contribution in [0.25, 0.3) is 0 Å². The molecule has 33 heavy (non-hydrogen) atoms. The van der Waals surface area contributed by atoms with Gasteiger partial charge in [-0.1, -0.05) is 43.3 Å². The predicted octanol–water partition coefficient (Wildman–Crippen LogP) is 2.77.